The zero-order valence-electron chi connectivity index (χ0n) is 11.4. The van der Waals surface area contributed by atoms with Gasteiger partial charge in [0.1, 0.15) is 0 Å². The molecule has 0 radical (unpaired) electrons. The van der Waals surface area contributed by atoms with E-state index < -0.39 is 0 Å². The van der Waals surface area contributed by atoms with Crippen LogP contribution in [-0.2, 0) is 6.42 Å². The van der Waals surface area contributed by atoms with Crippen molar-refractivity contribution in [3.8, 4) is 11.3 Å². The van der Waals surface area contributed by atoms with Crippen molar-refractivity contribution < 1.29 is 0 Å². The van der Waals surface area contributed by atoms with Crippen LogP contribution in [0.2, 0.25) is 0 Å². The fraction of sp³-hybridized carbons (Fsp3) is 0.333. The van der Waals surface area contributed by atoms with Crippen LogP contribution in [0.5, 0.6) is 0 Å². The molecule has 0 aliphatic rings. The minimum atomic E-state index is 0.849. The average Bonchev–Trinajstić information content (AvgIpc) is 2.42. The number of hydrogen-bond acceptors (Lipinski definition) is 3. The number of aromatic nitrogens is 2. The second-order valence-corrected chi connectivity index (χ2v) is 4.45. The third-order valence-electron chi connectivity index (χ3n) is 3.40. The Morgan fingerprint density at radius 2 is 1.67 bits per heavy atom. The van der Waals surface area contributed by atoms with Crippen molar-refractivity contribution >= 4 is 5.82 Å². The van der Waals surface area contributed by atoms with Crippen molar-refractivity contribution in [2.24, 2.45) is 0 Å². The number of benzene rings is 1. The van der Waals surface area contributed by atoms with Gasteiger partial charge in [0.25, 0.3) is 0 Å². The fourth-order valence-electron chi connectivity index (χ4n) is 2.02. The summed E-state index contributed by atoms with van der Waals surface area (Å²) in [5, 5.41) is 11.6. The minimum Gasteiger partial charge on any atom is -0.371 e. The molecule has 94 valence electrons. The van der Waals surface area contributed by atoms with Gasteiger partial charge >= 0.3 is 0 Å². The summed E-state index contributed by atoms with van der Waals surface area (Å²) >= 11 is 0. The Morgan fingerprint density at radius 1 is 1.00 bits per heavy atom. The molecule has 1 aromatic carbocycles. The lowest BCUT2D eigenvalue weighted by Crippen LogP contribution is -2.02. The molecule has 0 aliphatic heterocycles. The molecule has 1 aromatic heterocycles. The van der Waals surface area contributed by atoms with Crippen LogP contribution in [0.1, 0.15) is 23.6 Å². The maximum atomic E-state index is 4.32. The van der Waals surface area contributed by atoms with Crippen molar-refractivity contribution in [2.75, 3.05) is 12.4 Å². The zero-order valence-corrected chi connectivity index (χ0v) is 11.4. The Kier molecular flexibility index (Phi) is 3.60. The SMILES string of the molecule is CCc1ccc(-c2nnc(NC)c(C)c2C)cc1. The van der Waals surface area contributed by atoms with E-state index in [9.17, 15) is 0 Å². The molecule has 1 heterocycles. The predicted molar refractivity (Wildman–Crippen MR) is 75.9 cm³/mol. The van der Waals surface area contributed by atoms with Crippen molar-refractivity contribution in [1.29, 1.82) is 0 Å². The van der Waals surface area contributed by atoms with Gasteiger partial charge in [0.2, 0.25) is 0 Å². The standard InChI is InChI=1S/C15H19N3/c1-5-12-6-8-13(9-7-12)14-10(2)11(3)15(16-4)18-17-14/h6-9H,5H2,1-4H3,(H,16,18). The molecule has 3 heteroatoms. The number of nitrogens with one attached hydrogen (secondary N) is 1. The van der Waals surface area contributed by atoms with Crippen molar-refractivity contribution in [2.45, 2.75) is 27.2 Å². The molecule has 1 N–H and O–H groups in total. The van der Waals surface area contributed by atoms with Crippen LogP contribution < -0.4 is 5.32 Å². The van der Waals surface area contributed by atoms with E-state index in [1.165, 1.54) is 11.1 Å². The molecule has 0 spiro atoms. The number of anilines is 1. The molecular weight excluding hydrogens is 222 g/mol. The van der Waals surface area contributed by atoms with E-state index in [2.05, 4.69) is 60.6 Å². The van der Waals surface area contributed by atoms with Gasteiger partial charge in [-0.1, -0.05) is 31.2 Å². The van der Waals surface area contributed by atoms with Gasteiger partial charge in [0.05, 0.1) is 5.69 Å². The molecule has 0 atom stereocenters. The molecular formula is C15H19N3. The van der Waals surface area contributed by atoms with E-state index >= 15 is 0 Å². The van der Waals surface area contributed by atoms with Crippen LogP contribution in [0.15, 0.2) is 24.3 Å². The normalized spacial score (nSPS) is 10.4. The minimum absolute atomic E-state index is 0.849. The topological polar surface area (TPSA) is 37.8 Å². The lowest BCUT2D eigenvalue weighted by Gasteiger charge is -2.11. The summed E-state index contributed by atoms with van der Waals surface area (Å²) < 4.78 is 0. The molecule has 0 bridgehead atoms. The Bertz CT molecular complexity index is 544. The van der Waals surface area contributed by atoms with Gasteiger partial charge in [0, 0.05) is 12.6 Å². The van der Waals surface area contributed by atoms with Gasteiger partial charge in [-0.15, -0.1) is 10.2 Å². The van der Waals surface area contributed by atoms with Crippen molar-refractivity contribution in [3.63, 3.8) is 0 Å². The van der Waals surface area contributed by atoms with Crippen LogP contribution in [0.25, 0.3) is 11.3 Å². The summed E-state index contributed by atoms with van der Waals surface area (Å²) in [4.78, 5) is 0. The summed E-state index contributed by atoms with van der Waals surface area (Å²) in [7, 11) is 1.87. The predicted octanol–water partition coefficient (Wildman–Crippen LogP) is 3.36. The van der Waals surface area contributed by atoms with E-state index in [-0.39, 0.29) is 0 Å². The summed E-state index contributed by atoms with van der Waals surface area (Å²) in [6.45, 7) is 6.32. The van der Waals surface area contributed by atoms with Crippen molar-refractivity contribution in [3.05, 3.63) is 41.0 Å². The van der Waals surface area contributed by atoms with Crippen molar-refractivity contribution in [1.82, 2.24) is 10.2 Å². The summed E-state index contributed by atoms with van der Waals surface area (Å²) in [6, 6.07) is 8.54. The highest BCUT2D eigenvalue weighted by Gasteiger charge is 2.10. The summed E-state index contributed by atoms with van der Waals surface area (Å²) in [6.07, 6.45) is 1.06. The van der Waals surface area contributed by atoms with Gasteiger partial charge in [-0.3, -0.25) is 0 Å². The van der Waals surface area contributed by atoms with E-state index in [1.54, 1.807) is 0 Å². The fourth-order valence-corrected chi connectivity index (χ4v) is 2.02. The first-order valence-corrected chi connectivity index (χ1v) is 6.28. The van der Waals surface area contributed by atoms with E-state index in [1.807, 2.05) is 7.05 Å². The van der Waals surface area contributed by atoms with Crippen LogP contribution in [0.4, 0.5) is 5.82 Å². The van der Waals surface area contributed by atoms with Gasteiger partial charge < -0.3 is 5.32 Å². The van der Waals surface area contributed by atoms with Crippen LogP contribution in [-0.4, -0.2) is 17.2 Å². The lowest BCUT2D eigenvalue weighted by molar-refractivity contribution is 1.00. The first kappa shape index (κ1) is 12.6. The molecule has 3 nitrogen and oxygen atoms in total. The smallest absolute Gasteiger partial charge is 0.151 e. The largest absolute Gasteiger partial charge is 0.371 e. The highest BCUT2D eigenvalue weighted by molar-refractivity contribution is 5.66. The third-order valence-corrected chi connectivity index (χ3v) is 3.40. The highest BCUT2D eigenvalue weighted by atomic mass is 15.2. The monoisotopic (exact) mass is 241 g/mol. The Labute approximate surface area is 108 Å². The lowest BCUT2D eigenvalue weighted by atomic mass is 10.0. The second kappa shape index (κ2) is 5.17. The molecule has 0 saturated carbocycles. The Morgan fingerprint density at radius 3 is 2.22 bits per heavy atom. The van der Waals surface area contributed by atoms with Gasteiger partial charge in [-0.05, 0) is 37.0 Å². The number of hydrogen-bond donors (Lipinski definition) is 1. The maximum absolute atomic E-state index is 4.32. The highest BCUT2D eigenvalue weighted by Crippen LogP contribution is 2.25. The Hall–Kier alpha value is -1.90. The number of rotatable bonds is 3. The molecule has 2 rings (SSSR count). The Balaban J connectivity index is 2.47. The molecule has 0 aliphatic carbocycles. The molecule has 0 amide bonds. The number of aryl methyl sites for hydroxylation is 1. The summed E-state index contributed by atoms with van der Waals surface area (Å²) in [5.41, 5.74) is 5.77. The zero-order chi connectivity index (χ0) is 13.1. The average molecular weight is 241 g/mol. The second-order valence-electron chi connectivity index (χ2n) is 4.45. The molecule has 0 unspecified atom stereocenters. The molecule has 0 saturated heterocycles. The van der Waals surface area contributed by atoms with Crippen LogP contribution in [0.3, 0.4) is 0 Å². The third kappa shape index (κ3) is 2.21. The van der Waals surface area contributed by atoms with E-state index in [4.69, 9.17) is 0 Å². The molecule has 18 heavy (non-hydrogen) atoms. The number of nitrogens with zero attached hydrogens (tertiary/aromatic N) is 2. The molecule has 2 aromatic rings. The van der Waals surface area contributed by atoms with Gasteiger partial charge in [-0.2, -0.15) is 0 Å². The quantitative estimate of drug-likeness (QED) is 0.895. The van der Waals surface area contributed by atoms with Gasteiger partial charge in [0.15, 0.2) is 5.82 Å². The van der Waals surface area contributed by atoms with Crippen LogP contribution >= 0.6 is 0 Å². The maximum Gasteiger partial charge on any atom is 0.151 e. The van der Waals surface area contributed by atoms with Gasteiger partial charge in [-0.25, -0.2) is 0 Å². The first-order chi connectivity index (χ1) is 8.67. The summed E-state index contributed by atoms with van der Waals surface area (Å²) in [5.74, 6) is 0.849. The van der Waals surface area contributed by atoms with Crippen LogP contribution in [0, 0.1) is 13.8 Å². The first-order valence-electron chi connectivity index (χ1n) is 6.28. The van der Waals surface area contributed by atoms with E-state index in [0.717, 1.165) is 29.1 Å². The molecule has 0 fully saturated rings. The van der Waals surface area contributed by atoms with E-state index in [0.29, 0.717) is 0 Å².